The largest absolute Gasteiger partial charge is 0.490 e. The number of urea groups is 1. The lowest BCUT2D eigenvalue weighted by molar-refractivity contribution is 0.0469. The van der Waals surface area contributed by atoms with Crippen molar-refractivity contribution in [3.05, 3.63) is 59.1 Å². The number of nitrogens with one attached hydrogen (secondary N) is 1. The van der Waals surface area contributed by atoms with E-state index in [0.29, 0.717) is 24.1 Å². The molecule has 0 radical (unpaired) electrons. The van der Waals surface area contributed by atoms with Crippen LogP contribution in [-0.2, 0) is 0 Å². The Balaban J connectivity index is 1.08. The normalized spacial score (nSPS) is 24.8. The Bertz CT molecular complexity index is 988. The number of carbonyl (C=O) groups excluding carboxylic acids is 1. The Kier molecular flexibility index (Phi) is 8.07. The van der Waals surface area contributed by atoms with Gasteiger partial charge in [-0.3, -0.25) is 4.90 Å². The van der Waals surface area contributed by atoms with Crippen molar-refractivity contribution < 1.29 is 9.53 Å². The molecular weight excluding hydrogens is 470 g/mol. The molecule has 36 heavy (non-hydrogen) atoms. The minimum Gasteiger partial charge on any atom is -0.490 e. The summed E-state index contributed by atoms with van der Waals surface area (Å²) in [7, 11) is 0. The molecule has 2 amide bonds. The van der Waals surface area contributed by atoms with E-state index in [9.17, 15) is 4.79 Å². The van der Waals surface area contributed by atoms with Crippen LogP contribution in [0.25, 0.3) is 0 Å². The summed E-state index contributed by atoms with van der Waals surface area (Å²) in [6.07, 6.45) is 8.39. The molecule has 0 saturated carbocycles. The number of nitrogens with zero attached hydrogens (tertiary/aromatic N) is 2. The van der Waals surface area contributed by atoms with E-state index in [-0.39, 0.29) is 6.03 Å². The number of likely N-dealkylation sites (tertiary alicyclic amines) is 1. The summed E-state index contributed by atoms with van der Waals surface area (Å²) >= 11 is 6.02. The van der Waals surface area contributed by atoms with Crippen LogP contribution < -0.4 is 10.1 Å². The zero-order valence-electron chi connectivity index (χ0n) is 21.7. The zero-order chi connectivity index (χ0) is 25.1. The number of halogens is 1. The Morgan fingerprint density at radius 1 is 0.972 bits per heavy atom. The Morgan fingerprint density at radius 2 is 1.61 bits per heavy atom. The van der Waals surface area contributed by atoms with Crippen molar-refractivity contribution in [2.75, 3.05) is 25.0 Å². The van der Waals surface area contributed by atoms with Crippen molar-refractivity contribution in [1.29, 1.82) is 0 Å². The van der Waals surface area contributed by atoms with E-state index in [0.717, 1.165) is 61.2 Å². The first-order valence-corrected chi connectivity index (χ1v) is 14.2. The molecule has 3 fully saturated rings. The van der Waals surface area contributed by atoms with E-state index in [2.05, 4.69) is 36.2 Å². The average molecular weight is 510 g/mol. The van der Waals surface area contributed by atoms with Crippen LogP contribution in [0.5, 0.6) is 5.75 Å². The predicted molar refractivity (Wildman–Crippen MR) is 147 cm³/mol. The molecule has 0 unspecified atom stereocenters. The fourth-order valence-corrected chi connectivity index (χ4v) is 6.38. The zero-order valence-corrected chi connectivity index (χ0v) is 22.4. The van der Waals surface area contributed by atoms with E-state index in [1.807, 2.05) is 41.3 Å². The van der Waals surface area contributed by atoms with Crippen molar-refractivity contribution in [2.45, 2.75) is 82.9 Å². The van der Waals surface area contributed by atoms with E-state index in [1.54, 1.807) is 0 Å². The van der Waals surface area contributed by atoms with Gasteiger partial charge in [0.2, 0.25) is 0 Å². The molecule has 3 saturated heterocycles. The molecule has 0 spiro atoms. The molecule has 2 aromatic rings. The maximum Gasteiger partial charge on any atom is 0.321 e. The fraction of sp³-hybridized carbons (Fsp3) is 0.567. The van der Waals surface area contributed by atoms with Gasteiger partial charge in [-0.15, -0.1) is 0 Å². The summed E-state index contributed by atoms with van der Waals surface area (Å²) in [5, 5.41) is 3.83. The van der Waals surface area contributed by atoms with Crippen LogP contribution in [0.4, 0.5) is 10.5 Å². The topological polar surface area (TPSA) is 44.8 Å². The smallest absolute Gasteiger partial charge is 0.321 e. The third-order valence-corrected chi connectivity index (χ3v) is 8.59. The van der Waals surface area contributed by atoms with Crippen molar-refractivity contribution >= 4 is 23.3 Å². The first kappa shape index (κ1) is 25.4. The highest BCUT2D eigenvalue weighted by atomic mass is 35.5. The van der Waals surface area contributed by atoms with Gasteiger partial charge in [-0.25, -0.2) is 4.79 Å². The highest BCUT2D eigenvalue weighted by Crippen LogP contribution is 2.38. The summed E-state index contributed by atoms with van der Waals surface area (Å²) in [5.74, 6) is 2.15. The molecule has 5 nitrogen and oxygen atoms in total. The molecule has 3 aliphatic heterocycles. The van der Waals surface area contributed by atoms with Crippen molar-refractivity contribution in [3.8, 4) is 5.75 Å². The molecule has 5 rings (SSSR count). The minimum atomic E-state index is -0.0245. The van der Waals surface area contributed by atoms with Gasteiger partial charge >= 0.3 is 6.03 Å². The summed E-state index contributed by atoms with van der Waals surface area (Å²) < 4.78 is 6.39. The molecule has 2 bridgehead atoms. The third-order valence-electron chi connectivity index (χ3n) is 8.34. The van der Waals surface area contributed by atoms with Crippen molar-refractivity contribution in [1.82, 2.24) is 9.80 Å². The third kappa shape index (κ3) is 6.18. The summed E-state index contributed by atoms with van der Waals surface area (Å²) in [4.78, 5) is 17.5. The van der Waals surface area contributed by atoms with E-state index < -0.39 is 0 Å². The Morgan fingerprint density at radius 3 is 2.22 bits per heavy atom. The van der Waals surface area contributed by atoms with Crippen molar-refractivity contribution in [2.24, 2.45) is 5.92 Å². The average Bonchev–Trinajstić information content (AvgIpc) is 3.12. The maximum atomic E-state index is 12.8. The number of amides is 2. The first-order chi connectivity index (χ1) is 17.4. The molecule has 0 aromatic heterocycles. The van der Waals surface area contributed by atoms with E-state index in [4.69, 9.17) is 16.3 Å². The van der Waals surface area contributed by atoms with Crippen LogP contribution in [0.3, 0.4) is 0 Å². The lowest BCUT2D eigenvalue weighted by atomic mass is 9.89. The van der Waals surface area contributed by atoms with Gasteiger partial charge in [-0.05, 0) is 105 Å². The molecule has 194 valence electrons. The minimum absolute atomic E-state index is 0.0245. The van der Waals surface area contributed by atoms with Crippen LogP contribution >= 0.6 is 11.6 Å². The van der Waals surface area contributed by atoms with Gasteiger partial charge < -0.3 is 15.0 Å². The number of fused-ring (bicyclic) bond motifs is 2. The standard InChI is InChI=1S/C30H40ClN3O2/c1-21(2)13-18-34-26-9-10-27(34)20-29(19-26)36-28-11-7-25(8-12-28)32-30(35)33-16-14-23(15-17-33)22-3-5-24(31)6-4-22/h3-8,11-12,21,23,26-27,29H,9-10,13-20H2,1-2H3,(H,32,35)/t26-,27+,29+. The predicted octanol–water partition coefficient (Wildman–Crippen LogP) is 7.17. The molecule has 3 aliphatic rings. The van der Waals surface area contributed by atoms with Gasteiger partial charge in [-0.2, -0.15) is 0 Å². The highest BCUT2D eigenvalue weighted by molar-refractivity contribution is 6.30. The fourth-order valence-electron chi connectivity index (χ4n) is 6.26. The monoisotopic (exact) mass is 509 g/mol. The summed E-state index contributed by atoms with van der Waals surface area (Å²) in [6, 6.07) is 17.3. The van der Waals surface area contributed by atoms with Crippen LogP contribution in [0.1, 0.15) is 70.3 Å². The van der Waals surface area contributed by atoms with Gasteiger partial charge in [-0.1, -0.05) is 37.6 Å². The summed E-state index contributed by atoms with van der Waals surface area (Å²) in [6.45, 7) is 7.38. The number of carbonyl (C=O) groups is 1. The number of hydrogen-bond donors (Lipinski definition) is 1. The molecule has 2 aromatic carbocycles. The van der Waals surface area contributed by atoms with Crippen LogP contribution in [-0.4, -0.2) is 53.7 Å². The Labute approximate surface area is 221 Å². The number of anilines is 1. The van der Waals surface area contributed by atoms with Crippen molar-refractivity contribution in [3.63, 3.8) is 0 Å². The van der Waals surface area contributed by atoms with Crippen LogP contribution in [0, 0.1) is 5.92 Å². The summed E-state index contributed by atoms with van der Waals surface area (Å²) in [5.41, 5.74) is 2.13. The molecular formula is C30H40ClN3O2. The lowest BCUT2D eigenvalue weighted by Gasteiger charge is -2.39. The van der Waals surface area contributed by atoms with Gasteiger partial charge in [0.1, 0.15) is 11.9 Å². The molecule has 1 N–H and O–H groups in total. The molecule has 0 aliphatic carbocycles. The highest BCUT2D eigenvalue weighted by Gasteiger charge is 2.41. The maximum absolute atomic E-state index is 12.8. The number of piperidine rings is 2. The second-order valence-corrected chi connectivity index (χ2v) is 11.7. The molecule has 3 atom stereocenters. The second-order valence-electron chi connectivity index (χ2n) is 11.3. The van der Waals surface area contributed by atoms with Gasteiger partial charge in [0.25, 0.3) is 0 Å². The lowest BCUT2D eigenvalue weighted by Crippen LogP contribution is -2.46. The number of rotatable bonds is 7. The molecule has 3 heterocycles. The van der Waals surface area contributed by atoms with Gasteiger partial charge in [0.05, 0.1) is 0 Å². The van der Waals surface area contributed by atoms with E-state index >= 15 is 0 Å². The Hall–Kier alpha value is -2.24. The SMILES string of the molecule is CC(C)CCN1[C@@H]2CC[C@H]1C[C@@H](Oc1ccc(NC(=O)N3CCC(c4ccc(Cl)cc4)CC3)cc1)C2. The van der Waals surface area contributed by atoms with Crippen LogP contribution in [0.2, 0.25) is 5.02 Å². The second kappa shape index (κ2) is 11.4. The number of ether oxygens (including phenoxy) is 1. The van der Waals surface area contributed by atoms with Crippen LogP contribution in [0.15, 0.2) is 48.5 Å². The van der Waals surface area contributed by atoms with Gasteiger partial charge in [0, 0.05) is 35.9 Å². The van der Waals surface area contributed by atoms with Gasteiger partial charge in [0.15, 0.2) is 0 Å². The number of hydrogen-bond acceptors (Lipinski definition) is 3. The number of benzene rings is 2. The molecule has 6 heteroatoms. The van der Waals surface area contributed by atoms with E-state index in [1.165, 1.54) is 31.4 Å². The quantitative estimate of drug-likeness (QED) is 0.430. The first-order valence-electron chi connectivity index (χ1n) is 13.8.